The van der Waals surface area contributed by atoms with Crippen molar-refractivity contribution >= 4 is 17.3 Å². The van der Waals surface area contributed by atoms with Gasteiger partial charge in [-0.15, -0.1) is 0 Å². The van der Waals surface area contributed by atoms with Gasteiger partial charge >= 0.3 is 0 Å². The first-order chi connectivity index (χ1) is 7.68. The third kappa shape index (κ3) is 5.99. The van der Waals surface area contributed by atoms with Crippen LogP contribution in [0.25, 0.3) is 0 Å². The van der Waals surface area contributed by atoms with E-state index >= 15 is 0 Å². The van der Waals surface area contributed by atoms with E-state index in [1.165, 1.54) is 0 Å². The summed E-state index contributed by atoms with van der Waals surface area (Å²) in [5, 5.41) is 4.02. The maximum absolute atomic E-state index is 5.87. The second kappa shape index (κ2) is 7.53. The Bertz CT molecular complexity index is 302. The molecule has 0 aliphatic rings. The van der Waals surface area contributed by atoms with Gasteiger partial charge in [-0.25, -0.2) is 0 Å². The van der Waals surface area contributed by atoms with Gasteiger partial charge in [0.15, 0.2) is 0 Å². The second-order valence-electron chi connectivity index (χ2n) is 4.23. The zero-order valence-electron chi connectivity index (χ0n) is 10.0. The van der Waals surface area contributed by atoms with Gasteiger partial charge in [-0.2, -0.15) is 0 Å². The predicted octanol–water partition coefficient (Wildman–Crippen LogP) is 3.81. The van der Waals surface area contributed by atoms with Crippen molar-refractivity contribution in [1.29, 1.82) is 0 Å². The number of rotatable bonds is 7. The van der Waals surface area contributed by atoms with Crippen molar-refractivity contribution in [3.63, 3.8) is 0 Å². The number of hydrogen-bond donors (Lipinski definition) is 1. The molecule has 1 N–H and O–H groups in total. The summed E-state index contributed by atoms with van der Waals surface area (Å²) < 4.78 is 5.50. The first-order valence-electron chi connectivity index (χ1n) is 5.75. The van der Waals surface area contributed by atoms with Gasteiger partial charge in [-0.1, -0.05) is 31.5 Å². The fraction of sp³-hybridized carbons (Fsp3) is 0.538. The minimum Gasteiger partial charge on any atom is -0.383 e. The van der Waals surface area contributed by atoms with Crippen molar-refractivity contribution < 1.29 is 4.74 Å². The minimum atomic E-state index is 0.709. The van der Waals surface area contributed by atoms with Crippen molar-refractivity contribution in [1.82, 2.24) is 0 Å². The normalized spacial score (nSPS) is 10.8. The predicted molar refractivity (Wildman–Crippen MR) is 70.2 cm³/mol. The van der Waals surface area contributed by atoms with E-state index in [0.717, 1.165) is 36.9 Å². The molecule has 1 aromatic rings. The van der Waals surface area contributed by atoms with Crippen LogP contribution in [0.5, 0.6) is 0 Å². The van der Waals surface area contributed by atoms with E-state index in [2.05, 4.69) is 19.2 Å². The molecule has 0 radical (unpaired) electrons. The number of halogens is 1. The van der Waals surface area contributed by atoms with Crippen LogP contribution in [0.2, 0.25) is 5.02 Å². The van der Waals surface area contributed by atoms with Gasteiger partial charge in [0, 0.05) is 23.9 Å². The summed E-state index contributed by atoms with van der Waals surface area (Å²) in [7, 11) is 0. The molecular formula is C13H20ClNO. The largest absolute Gasteiger partial charge is 0.383 e. The third-order valence-corrected chi connectivity index (χ3v) is 2.47. The zero-order valence-corrected chi connectivity index (χ0v) is 10.8. The monoisotopic (exact) mass is 241 g/mol. The van der Waals surface area contributed by atoms with Crippen LogP contribution in [0.4, 0.5) is 5.69 Å². The summed E-state index contributed by atoms with van der Waals surface area (Å²) in [6.07, 6.45) is 1.12. The van der Waals surface area contributed by atoms with Gasteiger partial charge in [0.1, 0.15) is 0 Å². The summed E-state index contributed by atoms with van der Waals surface area (Å²) in [5.41, 5.74) is 1.04. The maximum atomic E-state index is 5.87. The van der Waals surface area contributed by atoms with E-state index in [1.54, 1.807) is 0 Å². The topological polar surface area (TPSA) is 21.3 Å². The number of benzene rings is 1. The summed E-state index contributed by atoms with van der Waals surface area (Å²) in [5.74, 6) is 0.709. The molecule has 1 rings (SSSR count). The molecule has 0 saturated carbocycles. The van der Waals surface area contributed by atoms with Gasteiger partial charge in [-0.3, -0.25) is 0 Å². The molecule has 0 atom stereocenters. The molecule has 0 spiro atoms. The van der Waals surface area contributed by atoms with Crippen molar-refractivity contribution in [2.75, 3.05) is 25.1 Å². The molecule has 0 heterocycles. The summed E-state index contributed by atoms with van der Waals surface area (Å²) in [6.45, 7) is 6.80. The third-order valence-electron chi connectivity index (χ3n) is 2.24. The van der Waals surface area contributed by atoms with Crippen LogP contribution in [0, 0.1) is 5.92 Å². The Morgan fingerprint density at radius 3 is 2.81 bits per heavy atom. The molecule has 2 nitrogen and oxygen atoms in total. The van der Waals surface area contributed by atoms with Crippen molar-refractivity contribution in [2.24, 2.45) is 5.92 Å². The first-order valence-corrected chi connectivity index (χ1v) is 6.13. The molecule has 3 heteroatoms. The molecule has 1 aromatic carbocycles. The van der Waals surface area contributed by atoms with E-state index in [9.17, 15) is 0 Å². The van der Waals surface area contributed by atoms with Crippen LogP contribution in [-0.2, 0) is 4.74 Å². The Morgan fingerprint density at radius 2 is 2.12 bits per heavy atom. The smallest absolute Gasteiger partial charge is 0.0639 e. The molecule has 0 unspecified atom stereocenters. The highest BCUT2D eigenvalue weighted by atomic mass is 35.5. The van der Waals surface area contributed by atoms with Crippen LogP contribution in [0.3, 0.4) is 0 Å². The van der Waals surface area contributed by atoms with Crippen LogP contribution < -0.4 is 5.32 Å². The second-order valence-corrected chi connectivity index (χ2v) is 4.67. The summed E-state index contributed by atoms with van der Waals surface area (Å²) >= 11 is 5.87. The highest BCUT2D eigenvalue weighted by Crippen LogP contribution is 2.14. The fourth-order valence-corrected chi connectivity index (χ4v) is 1.48. The number of ether oxygens (including phenoxy) is 1. The summed E-state index contributed by atoms with van der Waals surface area (Å²) in [4.78, 5) is 0. The van der Waals surface area contributed by atoms with Crippen molar-refractivity contribution in [3.8, 4) is 0 Å². The van der Waals surface area contributed by atoms with Crippen LogP contribution in [-0.4, -0.2) is 19.8 Å². The maximum Gasteiger partial charge on any atom is 0.0639 e. The molecule has 0 saturated heterocycles. The highest BCUT2D eigenvalue weighted by Gasteiger charge is 1.95. The zero-order chi connectivity index (χ0) is 11.8. The van der Waals surface area contributed by atoms with Crippen molar-refractivity contribution in [2.45, 2.75) is 20.3 Å². The van der Waals surface area contributed by atoms with Gasteiger partial charge in [0.25, 0.3) is 0 Å². The lowest BCUT2D eigenvalue weighted by atomic mass is 10.1. The lowest BCUT2D eigenvalue weighted by molar-refractivity contribution is 0.132. The Hall–Kier alpha value is -0.730. The van der Waals surface area contributed by atoms with E-state index in [0.29, 0.717) is 5.92 Å². The van der Waals surface area contributed by atoms with Gasteiger partial charge < -0.3 is 10.1 Å². The molecule has 0 amide bonds. The van der Waals surface area contributed by atoms with Crippen LogP contribution in [0.1, 0.15) is 20.3 Å². The van der Waals surface area contributed by atoms with E-state index in [-0.39, 0.29) is 0 Å². The van der Waals surface area contributed by atoms with Gasteiger partial charge in [0.05, 0.1) is 6.61 Å². The molecule has 0 aliphatic carbocycles. The molecule has 0 fully saturated rings. The van der Waals surface area contributed by atoms with Gasteiger partial charge in [0.2, 0.25) is 0 Å². The lowest BCUT2D eigenvalue weighted by Gasteiger charge is -2.08. The van der Waals surface area contributed by atoms with Crippen molar-refractivity contribution in [3.05, 3.63) is 29.3 Å². The molecule has 0 aromatic heterocycles. The quantitative estimate of drug-likeness (QED) is 0.733. The Kier molecular flexibility index (Phi) is 6.27. The Balaban J connectivity index is 2.07. The number of nitrogens with one attached hydrogen (secondary N) is 1. The SMILES string of the molecule is CC(C)CCOCCNc1cccc(Cl)c1. The molecule has 0 aliphatic heterocycles. The van der Waals surface area contributed by atoms with E-state index in [4.69, 9.17) is 16.3 Å². The number of anilines is 1. The lowest BCUT2D eigenvalue weighted by Crippen LogP contribution is -2.10. The fourth-order valence-electron chi connectivity index (χ4n) is 1.29. The Labute approximate surface area is 103 Å². The Morgan fingerprint density at radius 1 is 1.31 bits per heavy atom. The average molecular weight is 242 g/mol. The van der Waals surface area contributed by atoms with Crippen LogP contribution in [0.15, 0.2) is 24.3 Å². The standard InChI is InChI=1S/C13H20ClNO/c1-11(2)6-8-16-9-7-15-13-5-3-4-12(14)10-13/h3-5,10-11,15H,6-9H2,1-2H3. The average Bonchev–Trinajstić information content (AvgIpc) is 2.23. The van der Waals surface area contributed by atoms with Gasteiger partial charge in [-0.05, 0) is 30.5 Å². The van der Waals surface area contributed by atoms with E-state index < -0.39 is 0 Å². The highest BCUT2D eigenvalue weighted by molar-refractivity contribution is 6.30. The van der Waals surface area contributed by atoms with Crippen LogP contribution >= 0.6 is 11.6 Å². The van der Waals surface area contributed by atoms with E-state index in [1.807, 2.05) is 24.3 Å². The molecule has 16 heavy (non-hydrogen) atoms. The first kappa shape index (κ1) is 13.3. The molecular weight excluding hydrogens is 222 g/mol. The minimum absolute atomic E-state index is 0.709. The summed E-state index contributed by atoms with van der Waals surface area (Å²) in [6, 6.07) is 7.71. The number of hydrogen-bond acceptors (Lipinski definition) is 2. The molecule has 0 bridgehead atoms. The molecule has 90 valence electrons.